The van der Waals surface area contributed by atoms with Gasteiger partial charge in [-0.25, -0.2) is 9.97 Å². The minimum Gasteiger partial charge on any atom is -0.356 e. The summed E-state index contributed by atoms with van der Waals surface area (Å²) in [6.45, 7) is 5.20. The van der Waals surface area contributed by atoms with Gasteiger partial charge in [0.25, 0.3) is 5.82 Å². The average molecular weight is 390 g/mol. The topological polar surface area (TPSA) is 75.3 Å². The lowest BCUT2D eigenvalue weighted by molar-refractivity contribution is -0.146. The van der Waals surface area contributed by atoms with Gasteiger partial charge in [-0.05, 0) is 19.1 Å². The molecular formula is C17H17F3N8. The summed E-state index contributed by atoms with van der Waals surface area (Å²) in [5, 5.41) is 11.0. The van der Waals surface area contributed by atoms with Crippen molar-refractivity contribution in [3.63, 3.8) is 0 Å². The van der Waals surface area contributed by atoms with Gasteiger partial charge < -0.3 is 9.80 Å². The molecule has 0 aliphatic carbocycles. The Morgan fingerprint density at radius 3 is 2.39 bits per heavy atom. The van der Waals surface area contributed by atoms with Gasteiger partial charge in [0.1, 0.15) is 18.0 Å². The first-order valence-corrected chi connectivity index (χ1v) is 8.96. The minimum absolute atomic E-state index is 0.0841. The van der Waals surface area contributed by atoms with Gasteiger partial charge in [0, 0.05) is 49.8 Å². The van der Waals surface area contributed by atoms with Gasteiger partial charge >= 0.3 is 6.18 Å². The number of halogens is 3. The lowest BCUT2D eigenvalue weighted by Gasteiger charge is -2.23. The lowest BCUT2D eigenvalue weighted by Crippen LogP contribution is -2.30. The third-order valence-corrected chi connectivity index (χ3v) is 5.48. The van der Waals surface area contributed by atoms with Crippen LogP contribution in [0.4, 0.5) is 24.8 Å². The van der Waals surface area contributed by atoms with Crippen LogP contribution in [0.3, 0.4) is 0 Å². The monoisotopic (exact) mass is 390 g/mol. The molecule has 5 rings (SSSR count). The summed E-state index contributed by atoms with van der Waals surface area (Å²) >= 11 is 0. The number of alkyl halides is 3. The largest absolute Gasteiger partial charge is 0.453 e. The third-order valence-electron chi connectivity index (χ3n) is 5.48. The Morgan fingerprint density at radius 2 is 1.71 bits per heavy atom. The highest BCUT2D eigenvalue weighted by atomic mass is 19.4. The number of aryl methyl sites for hydroxylation is 1. The molecule has 2 fully saturated rings. The van der Waals surface area contributed by atoms with E-state index in [0.29, 0.717) is 17.7 Å². The van der Waals surface area contributed by atoms with Crippen molar-refractivity contribution in [3.8, 4) is 0 Å². The van der Waals surface area contributed by atoms with Crippen LogP contribution in [-0.2, 0) is 6.18 Å². The predicted molar refractivity (Wildman–Crippen MR) is 94.0 cm³/mol. The average Bonchev–Trinajstić information content (AvgIpc) is 3.33. The first-order chi connectivity index (χ1) is 13.4. The summed E-state index contributed by atoms with van der Waals surface area (Å²) < 4.78 is 40.1. The lowest BCUT2D eigenvalue weighted by atomic mass is 10.0. The normalized spacial score (nSPS) is 22.3. The molecule has 2 unspecified atom stereocenters. The zero-order valence-corrected chi connectivity index (χ0v) is 15.0. The third kappa shape index (κ3) is 2.72. The molecule has 0 amide bonds. The van der Waals surface area contributed by atoms with Gasteiger partial charge in [-0.1, -0.05) is 0 Å². The maximum Gasteiger partial charge on any atom is 0.453 e. The van der Waals surface area contributed by atoms with E-state index in [0.717, 1.165) is 42.1 Å². The molecule has 0 spiro atoms. The molecule has 0 radical (unpaired) electrons. The highest BCUT2D eigenvalue weighted by Crippen LogP contribution is 2.36. The zero-order chi connectivity index (χ0) is 19.5. The number of hydrogen-bond donors (Lipinski definition) is 0. The fourth-order valence-corrected chi connectivity index (χ4v) is 4.20. The van der Waals surface area contributed by atoms with E-state index in [4.69, 9.17) is 0 Å². The van der Waals surface area contributed by atoms with E-state index in [9.17, 15) is 13.2 Å². The van der Waals surface area contributed by atoms with Gasteiger partial charge in [0.2, 0.25) is 0 Å². The van der Waals surface area contributed by atoms with E-state index in [1.54, 1.807) is 18.6 Å². The van der Waals surface area contributed by atoms with Crippen LogP contribution in [0.25, 0.3) is 5.65 Å². The summed E-state index contributed by atoms with van der Waals surface area (Å²) in [4.78, 5) is 12.7. The molecule has 0 aromatic carbocycles. The first-order valence-electron chi connectivity index (χ1n) is 8.96. The Labute approximate surface area is 158 Å². The maximum atomic E-state index is 13.1. The molecule has 3 aromatic rings. The molecule has 2 atom stereocenters. The van der Waals surface area contributed by atoms with Crippen molar-refractivity contribution in [2.24, 2.45) is 11.8 Å². The Bertz CT molecular complexity index is 1020. The molecule has 146 valence electrons. The molecule has 28 heavy (non-hydrogen) atoms. The van der Waals surface area contributed by atoms with Crippen molar-refractivity contribution in [1.82, 2.24) is 29.8 Å². The molecule has 11 heteroatoms. The Morgan fingerprint density at radius 1 is 1.00 bits per heavy atom. The summed E-state index contributed by atoms with van der Waals surface area (Å²) in [6, 6.07) is 3.23. The standard InChI is InChI=1S/C17H17F3N8/c1-10-4-21-9-22-15(10)27-7-11-5-26(6-12(11)8-27)14-3-2-13-23-24-16(17(18,19)20)28(13)25-14/h2-4,9,11-12H,5-8H2,1H3. The second-order valence-electron chi connectivity index (χ2n) is 7.34. The molecule has 2 saturated heterocycles. The van der Waals surface area contributed by atoms with E-state index in [2.05, 4.69) is 30.2 Å². The minimum atomic E-state index is -4.59. The fraction of sp³-hybridized carbons (Fsp3) is 0.471. The fourth-order valence-electron chi connectivity index (χ4n) is 4.20. The van der Waals surface area contributed by atoms with Gasteiger partial charge in [0.15, 0.2) is 5.65 Å². The molecule has 3 aromatic heterocycles. The van der Waals surface area contributed by atoms with Crippen LogP contribution in [0, 0.1) is 18.8 Å². The van der Waals surface area contributed by atoms with Crippen molar-refractivity contribution in [3.05, 3.63) is 36.0 Å². The molecule has 0 bridgehead atoms. The number of nitrogens with zero attached hydrogens (tertiary/aromatic N) is 8. The van der Waals surface area contributed by atoms with E-state index in [1.165, 1.54) is 6.07 Å². The molecule has 0 saturated carbocycles. The summed E-state index contributed by atoms with van der Waals surface area (Å²) in [5.74, 6) is 1.19. The molecule has 2 aliphatic heterocycles. The quantitative estimate of drug-likeness (QED) is 0.661. The van der Waals surface area contributed by atoms with Crippen molar-refractivity contribution in [2.45, 2.75) is 13.1 Å². The summed E-state index contributed by atoms with van der Waals surface area (Å²) in [6.07, 6.45) is -1.24. The Balaban J connectivity index is 1.36. The van der Waals surface area contributed by atoms with Crippen molar-refractivity contribution < 1.29 is 13.2 Å². The molecule has 2 aliphatic rings. The van der Waals surface area contributed by atoms with Gasteiger partial charge in [-0.3, -0.25) is 0 Å². The van der Waals surface area contributed by atoms with Crippen LogP contribution in [-0.4, -0.2) is 56.0 Å². The van der Waals surface area contributed by atoms with Crippen LogP contribution in [0.15, 0.2) is 24.7 Å². The summed E-state index contributed by atoms with van der Waals surface area (Å²) in [7, 11) is 0. The van der Waals surface area contributed by atoms with E-state index in [-0.39, 0.29) is 5.65 Å². The molecule has 0 N–H and O–H groups in total. The smallest absolute Gasteiger partial charge is 0.356 e. The van der Waals surface area contributed by atoms with E-state index >= 15 is 0 Å². The van der Waals surface area contributed by atoms with E-state index in [1.807, 2.05) is 11.8 Å². The van der Waals surface area contributed by atoms with Crippen LogP contribution >= 0.6 is 0 Å². The van der Waals surface area contributed by atoms with Crippen molar-refractivity contribution in [1.29, 1.82) is 0 Å². The Kier molecular flexibility index (Phi) is 3.68. The zero-order valence-electron chi connectivity index (χ0n) is 15.0. The second kappa shape index (κ2) is 6.01. The van der Waals surface area contributed by atoms with Crippen LogP contribution in [0.2, 0.25) is 0 Å². The summed E-state index contributed by atoms with van der Waals surface area (Å²) in [5.41, 5.74) is 1.12. The molecular weight excluding hydrogens is 373 g/mol. The number of rotatable bonds is 2. The first kappa shape index (κ1) is 17.1. The highest BCUT2D eigenvalue weighted by Gasteiger charge is 2.42. The number of fused-ring (bicyclic) bond motifs is 2. The Hall–Kier alpha value is -2.98. The molecule has 8 nitrogen and oxygen atoms in total. The SMILES string of the molecule is Cc1cncnc1N1CC2CN(c3ccc4nnc(C(F)(F)F)n4n3)CC2C1. The van der Waals surface area contributed by atoms with Crippen LogP contribution in [0.1, 0.15) is 11.4 Å². The van der Waals surface area contributed by atoms with Gasteiger partial charge in [-0.2, -0.15) is 17.7 Å². The van der Waals surface area contributed by atoms with Crippen molar-refractivity contribution >= 4 is 17.3 Å². The maximum absolute atomic E-state index is 13.1. The van der Waals surface area contributed by atoms with Crippen molar-refractivity contribution in [2.75, 3.05) is 36.0 Å². The van der Waals surface area contributed by atoms with Gasteiger partial charge in [0.05, 0.1) is 0 Å². The number of aromatic nitrogens is 6. The van der Waals surface area contributed by atoms with Crippen LogP contribution in [0.5, 0.6) is 0 Å². The second-order valence-corrected chi connectivity index (χ2v) is 7.34. The number of hydrogen-bond acceptors (Lipinski definition) is 7. The molecule has 5 heterocycles. The number of anilines is 2. The predicted octanol–water partition coefficient (Wildman–Crippen LogP) is 1.81. The van der Waals surface area contributed by atoms with Gasteiger partial charge in [-0.15, -0.1) is 15.3 Å². The highest BCUT2D eigenvalue weighted by molar-refractivity contribution is 5.50. The van der Waals surface area contributed by atoms with Crippen LogP contribution < -0.4 is 9.80 Å². The van der Waals surface area contributed by atoms with E-state index < -0.39 is 12.0 Å².